The zero-order valence-corrected chi connectivity index (χ0v) is 16.5. The zero-order chi connectivity index (χ0) is 18.1. The minimum absolute atomic E-state index is 0.0506. The molecule has 0 aliphatic carbocycles. The first-order valence-electron chi connectivity index (χ1n) is 7.99. The molecular weight excluding hydrogens is 374 g/mol. The van der Waals surface area contributed by atoms with Gasteiger partial charge in [-0.25, -0.2) is 13.1 Å². The number of aryl methyl sites for hydroxylation is 1. The first-order chi connectivity index (χ1) is 12.0. The Kier molecular flexibility index (Phi) is 8.32. The number of hydrogen-bond acceptors (Lipinski definition) is 5. The van der Waals surface area contributed by atoms with Gasteiger partial charge in [-0.2, -0.15) is 0 Å². The third-order valence-corrected chi connectivity index (χ3v) is 7.51. The Morgan fingerprint density at radius 2 is 1.72 bits per heavy atom. The minimum atomic E-state index is -3.57. The molecule has 2 N–H and O–H groups in total. The number of rotatable bonds is 10. The first kappa shape index (κ1) is 20.3. The number of aliphatic hydroxyl groups is 1. The van der Waals surface area contributed by atoms with E-state index in [0.29, 0.717) is 12.2 Å². The van der Waals surface area contributed by atoms with Crippen molar-refractivity contribution in [3.05, 3.63) is 65.7 Å². The smallest absolute Gasteiger partial charge is 0.240 e. The van der Waals surface area contributed by atoms with E-state index in [4.69, 9.17) is 0 Å². The van der Waals surface area contributed by atoms with Gasteiger partial charge in [0.05, 0.1) is 4.90 Å². The SMILES string of the molecule is Cc1ccc(S(=O)(=O)N[C@@H](CCO)CSSCc2ccccc2)cc1. The number of aliphatic hydroxyl groups excluding tert-OH is 1. The molecule has 0 saturated heterocycles. The molecule has 0 aromatic heterocycles. The molecule has 4 nitrogen and oxygen atoms in total. The van der Waals surface area contributed by atoms with E-state index in [9.17, 15) is 13.5 Å². The van der Waals surface area contributed by atoms with E-state index in [2.05, 4.69) is 16.9 Å². The number of benzene rings is 2. The highest BCUT2D eigenvalue weighted by Gasteiger charge is 2.19. The minimum Gasteiger partial charge on any atom is -0.396 e. The Balaban J connectivity index is 1.87. The standard InChI is InChI=1S/C18H23NO3S3/c1-15-7-9-18(10-8-15)25(21,22)19-17(11-12-20)14-24-23-13-16-5-3-2-4-6-16/h2-10,17,19-20H,11-14H2,1H3/t17-/m0/s1. The molecule has 2 aromatic rings. The fourth-order valence-corrected chi connectivity index (χ4v) is 5.89. The van der Waals surface area contributed by atoms with E-state index in [-0.39, 0.29) is 17.5 Å². The molecule has 1 atom stereocenters. The summed E-state index contributed by atoms with van der Waals surface area (Å²) in [6.45, 7) is 1.87. The van der Waals surface area contributed by atoms with Gasteiger partial charge in [-0.15, -0.1) is 0 Å². The lowest BCUT2D eigenvalue weighted by Crippen LogP contribution is -2.37. The molecule has 2 aromatic carbocycles. The summed E-state index contributed by atoms with van der Waals surface area (Å²) in [5.41, 5.74) is 2.25. The van der Waals surface area contributed by atoms with Crippen molar-refractivity contribution in [2.45, 2.75) is 30.0 Å². The quantitative estimate of drug-likeness (QED) is 0.474. The fourth-order valence-electron chi connectivity index (χ4n) is 2.15. The van der Waals surface area contributed by atoms with Crippen LogP contribution in [0.5, 0.6) is 0 Å². The van der Waals surface area contributed by atoms with Crippen molar-refractivity contribution in [1.29, 1.82) is 0 Å². The molecule has 2 rings (SSSR count). The molecule has 0 unspecified atom stereocenters. The Hall–Kier alpha value is -0.990. The van der Waals surface area contributed by atoms with Gasteiger partial charge in [-0.3, -0.25) is 0 Å². The van der Waals surface area contributed by atoms with Crippen LogP contribution in [-0.4, -0.2) is 31.9 Å². The number of sulfonamides is 1. The van der Waals surface area contributed by atoms with E-state index in [1.807, 2.05) is 25.1 Å². The molecule has 0 bridgehead atoms. The highest BCUT2D eigenvalue weighted by Crippen LogP contribution is 2.27. The summed E-state index contributed by atoms with van der Waals surface area (Å²) in [4.78, 5) is 0.253. The Morgan fingerprint density at radius 1 is 1.04 bits per heavy atom. The van der Waals surface area contributed by atoms with Gasteiger partial charge in [0.2, 0.25) is 10.0 Å². The summed E-state index contributed by atoms with van der Waals surface area (Å²) < 4.78 is 27.7. The molecule has 0 fully saturated rings. The molecule has 0 heterocycles. The van der Waals surface area contributed by atoms with Crippen LogP contribution < -0.4 is 4.72 Å². The molecule has 25 heavy (non-hydrogen) atoms. The van der Waals surface area contributed by atoms with E-state index in [1.54, 1.807) is 45.9 Å². The summed E-state index contributed by atoms with van der Waals surface area (Å²) in [5, 5.41) is 9.22. The van der Waals surface area contributed by atoms with Crippen LogP contribution in [0.4, 0.5) is 0 Å². The topological polar surface area (TPSA) is 66.4 Å². The average molecular weight is 398 g/mol. The summed E-state index contributed by atoms with van der Waals surface area (Å²) in [6, 6.07) is 16.6. The lowest BCUT2D eigenvalue weighted by atomic mass is 10.2. The summed E-state index contributed by atoms with van der Waals surface area (Å²) in [6.07, 6.45) is 0.393. The second kappa shape index (κ2) is 10.2. The summed E-state index contributed by atoms with van der Waals surface area (Å²) >= 11 is 0. The van der Waals surface area contributed by atoms with Crippen molar-refractivity contribution in [1.82, 2.24) is 4.72 Å². The summed E-state index contributed by atoms with van der Waals surface area (Å²) in [5.74, 6) is 1.46. The average Bonchev–Trinajstić information content (AvgIpc) is 2.60. The maximum absolute atomic E-state index is 12.5. The molecular formula is C18H23NO3S3. The van der Waals surface area contributed by atoms with Crippen LogP contribution >= 0.6 is 21.6 Å². The van der Waals surface area contributed by atoms with Crippen LogP contribution in [0.2, 0.25) is 0 Å². The lowest BCUT2D eigenvalue weighted by Gasteiger charge is -2.17. The predicted molar refractivity (Wildman–Crippen MR) is 107 cm³/mol. The molecule has 0 radical (unpaired) electrons. The van der Waals surface area contributed by atoms with Crippen LogP contribution in [0.3, 0.4) is 0 Å². The number of hydrogen-bond donors (Lipinski definition) is 2. The normalized spacial score (nSPS) is 12.9. The van der Waals surface area contributed by atoms with Gasteiger partial charge in [-0.1, -0.05) is 69.6 Å². The largest absolute Gasteiger partial charge is 0.396 e. The predicted octanol–water partition coefficient (Wildman–Crippen LogP) is 3.61. The molecule has 7 heteroatoms. The highest BCUT2D eigenvalue weighted by molar-refractivity contribution is 8.76. The van der Waals surface area contributed by atoms with Crippen LogP contribution in [0.1, 0.15) is 17.5 Å². The van der Waals surface area contributed by atoms with Crippen LogP contribution in [0.25, 0.3) is 0 Å². The van der Waals surface area contributed by atoms with E-state index in [0.717, 1.165) is 11.3 Å². The van der Waals surface area contributed by atoms with Crippen molar-refractivity contribution in [2.75, 3.05) is 12.4 Å². The second-order valence-electron chi connectivity index (χ2n) is 5.68. The third-order valence-electron chi connectivity index (χ3n) is 3.55. The number of nitrogens with one attached hydrogen (secondary N) is 1. The van der Waals surface area contributed by atoms with Gasteiger partial charge in [0.1, 0.15) is 0 Å². The maximum atomic E-state index is 12.5. The van der Waals surface area contributed by atoms with Gasteiger partial charge in [0, 0.05) is 24.2 Å². The Labute approximate surface area is 157 Å². The van der Waals surface area contributed by atoms with Gasteiger partial charge >= 0.3 is 0 Å². The molecule has 0 aliphatic heterocycles. The second-order valence-corrected chi connectivity index (χ2v) is 9.90. The Morgan fingerprint density at radius 3 is 2.36 bits per heavy atom. The van der Waals surface area contributed by atoms with Crippen LogP contribution in [0.15, 0.2) is 59.5 Å². The monoisotopic (exact) mass is 397 g/mol. The van der Waals surface area contributed by atoms with E-state index in [1.165, 1.54) is 5.56 Å². The van der Waals surface area contributed by atoms with E-state index < -0.39 is 10.0 Å². The van der Waals surface area contributed by atoms with Crippen molar-refractivity contribution < 1.29 is 13.5 Å². The molecule has 0 amide bonds. The maximum Gasteiger partial charge on any atom is 0.240 e. The van der Waals surface area contributed by atoms with E-state index >= 15 is 0 Å². The molecule has 0 spiro atoms. The first-order valence-corrected chi connectivity index (χ1v) is 12.0. The van der Waals surface area contributed by atoms with Gasteiger partial charge in [-0.05, 0) is 31.0 Å². The molecule has 0 aliphatic rings. The summed E-state index contributed by atoms with van der Waals surface area (Å²) in [7, 11) is -0.274. The van der Waals surface area contributed by atoms with Gasteiger partial charge < -0.3 is 5.11 Å². The van der Waals surface area contributed by atoms with Crippen molar-refractivity contribution in [3.8, 4) is 0 Å². The van der Waals surface area contributed by atoms with Crippen molar-refractivity contribution in [2.24, 2.45) is 0 Å². The van der Waals surface area contributed by atoms with Gasteiger partial charge in [0.15, 0.2) is 0 Å². The van der Waals surface area contributed by atoms with Crippen LogP contribution in [-0.2, 0) is 15.8 Å². The molecule has 136 valence electrons. The van der Waals surface area contributed by atoms with Crippen molar-refractivity contribution in [3.63, 3.8) is 0 Å². The van der Waals surface area contributed by atoms with Gasteiger partial charge in [0.25, 0.3) is 0 Å². The third kappa shape index (κ3) is 7.03. The fraction of sp³-hybridized carbons (Fsp3) is 0.333. The van der Waals surface area contributed by atoms with Crippen molar-refractivity contribution >= 4 is 31.6 Å². The molecule has 0 saturated carbocycles. The highest BCUT2D eigenvalue weighted by atomic mass is 33.1. The van der Waals surface area contributed by atoms with Crippen LogP contribution in [0, 0.1) is 6.92 Å². The Bertz CT molecular complexity index is 734. The lowest BCUT2D eigenvalue weighted by molar-refractivity contribution is 0.276. The zero-order valence-electron chi connectivity index (χ0n) is 14.1.